The largest absolute Gasteiger partial charge is 0.468 e. The molecular weight excluding hydrogens is 452 g/mol. The van der Waals surface area contributed by atoms with Crippen LogP contribution < -0.4 is 5.32 Å². The lowest BCUT2D eigenvalue weighted by Crippen LogP contribution is -2.43. The average Bonchev–Trinajstić information content (AvgIpc) is 2.87. The van der Waals surface area contributed by atoms with Crippen LogP contribution in [0.25, 0.3) is 0 Å². The Kier molecular flexibility index (Phi) is 11.9. The van der Waals surface area contributed by atoms with Gasteiger partial charge in [-0.15, -0.1) is 0 Å². The quantitative estimate of drug-likeness (QED) is 0.141. The third kappa shape index (κ3) is 8.06. The molecule has 0 bridgehead atoms. The van der Waals surface area contributed by atoms with E-state index in [1.54, 1.807) is 57.4 Å². The summed E-state index contributed by atoms with van der Waals surface area (Å²) in [5.41, 5.74) is 0.157. The molecule has 1 unspecified atom stereocenters. The highest BCUT2D eigenvalue weighted by Gasteiger charge is 2.43. The molecule has 0 heterocycles. The molecule has 0 spiro atoms. The summed E-state index contributed by atoms with van der Waals surface area (Å²) in [6.45, 7) is 5.13. The van der Waals surface area contributed by atoms with Gasteiger partial charge in [0, 0.05) is 32.6 Å². The fourth-order valence-corrected chi connectivity index (χ4v) is 3.16. The predicted molar refractivity (Wildman–Crippen MR) is 130 cm³/mol. The predicted octanol–water partition coefficient (Wildman–Crippen LogP) is 1.88. The first-order chi connectivity index (χ1) is 16.7. The van der Waals surface area contributed by atoms with Gasteiger partial charge in [0.15, 0.2) is 5.41 Å². The van der Waals surface area contributed by atoms with Gasteiger partial charge >= 0.3 is 11.9 Å². The summed E-state index contributed by atoms with van der Waals surface area (Å²) < 4.78 is 10.1. The van der Waals surface area contributed by atoms with Crippen LogP contribution >= 0.6 is 0 Å². The van der Waals surface area contributed by atoms with E-state index in [4.69, 9.17) is 9.47 Å². The van der Waals surface area contributed by atoms with Gasteiger partial charge in [0.05, 0.1) is 7.11 Å². The number of aldehydes is 1. The Balaban J connectivity index is 3.02. The monoisotopic (exact) mass is 484 g/mol. The molecule has 0 radical (unpaired) electrons. The van der Waals surface area contributed by atoms with Gasteiger partial charge in [-0.2, -0.15) is 0 Å². The van der Waals surface area contributed by atoms with Gasteiger partial charge in [-0.05, 0) is 36.1 Å². The number of ether oxygens (including phenoxy) is 2. The van der Waals surface area contributed by atoms with Crippen molar-refractivity contribution in [1.29, 1.82) is 0 Å². The zero-order valence-corrected chi connectivity index (χ0v) is 20.5. The van der Waals surface area contributed by atoms with Crippen molar-refractivity contribution in [2.45, 2.75) is 25.2 Å². The van der Waals surface area contributed by atoms with E-state index in [0.29, 0.717) is 35.0 Å². The van der Waals surface area contributed by atoms with Crippen molar-refractivity contribution in [3.05, 3.63) is 71.3 Å². The Labute approximate surface area is 205 Å². The lowest BCUT2D eigenvalue weighted by molar-refractivity contribution is -0.156. The van der Waals surface area contributed by atoms with Crippen LogP contribution in [0.5, 0.6) is 0 Å². The molecule has 1 N–H and O–H groups in total. The van der Waals surface area contributed by atoms with Crippen molar-refractivity contribution in [1.82, 2.24) is 10.2 Å². The van der Waals surface area contributed by atoms with Crippen LogP contribution in [0.1, 0.15) is 25.3 Å². The summed E-state index contributed by atoms with van der Waals surface area (Å²) >= 11 is 0. The molecule has 0 aromatic heterocycles. The van der Waals surface area contributed by atoms with Crippen LogP contribution in [0.15, 0.2) is 65.8 Å². The molecule has 0 saturated heterocycles. The molecule has 1 aromatic carbocycles. The number of likely N-dealkylation sites (N-methyl/N-ethyl adjacent to an activating group) is 1. The Bertz CT molecular complexity index is 996. The smallest absolute Gasteiger partial charge is 0.327 e. The second kappa shape index (κ2) is 14.3. The number of hydrogen-bond acceptors (Lipinski definition) is 7. The van der Waals surface area contributed by atoms with Gasteiger partial charge < -0.3 is 24.5 Å². The minimum absolute atomic E-state index is 0.0855. The number of nitrogens with one attached hydrogen (secondary N) is 1. The minimum atomic E-state index is -1.78. The van der Waals surface area contributed by atoms with E-state index in [9.17, 15) is 24.0 Å². The lowest BCUT2D eigenvalue weighted by Gasteiger charge is -2.25. The second-order valence-corrected chi connectivity index (χ2v) is 7.92. The number of allylic oxidation sites excluding steroid dienone is 2. The normalized spacial score (nSPS) is 13.4. The van der Waals surface area contributed by atoms with E-state index in [0.717, 1.165) is 7.11 Å². The van der Waals surface area contributed by atoms with Gasteiger partial charge in [0.1, 0.15) is 12.9 Å². The third-order valence-electron chi connectivity index (χ3n) is 5.26. The van der Waals surface area contributed by atoms with Crippen molar-refractivity contribution in [3.63, 3.8) is 0 Å². The molecule has 1 rings (SSSR count). The highest BCUT2D eigenvalue weighted by atomic mass is 16.5. The maximum absolute atomic E-state index is 12.6. The van der Waals surface area contributed by atoms with E-state index < -0.39 is 24.0 Å². The third-order valence-corrected chi connectivity index (χ3v) is 5.26. The molecular formula is C26H32N2O7. The van der Waals surface area contributed by atoms with E-state index in [2.05, 4.69) is 11.9 Å². The summed E-state index contributed by atoms with van der Waals surface area (Å²) in [6, 6.07) is 8.20. The van der Waals surface area contributed by atoms with E-state index >= 15 is 0 Å². The highest BCUT2D eigenvalue weighted by molar-refractivity contribution is 6.00. The van der Waals surface area contributed by atoms with Crippen molar-refractivity contribution in [2.75, 3.05) is 34.4 Å². The Hall–Kier alpha value is -4.01. The number of rotatable bonds is 14. The fraction of sp³-hybridized carbons (Fsp3) is 0.346. The molecule has 0 aliphatic carbocycles. The molecule has 35 heavy (non-hydrogen) atoms. The first-order valence-corrected chi connectivity index (χ1v) is 10.8. The summed E-state index contributed by atoms with van der Waals surface area (Å²) in [7, 11) is 4.36. The molecule has 0 saturated carbocycles. The lowest BCUT2D eigenvalue weighted by atomic mass is 9.82. The SMILES string of the molecule is C=C/C(=C\C(C(=O)N(C)C)=C(/C)CNC=O)CCC(=O)OCC(C=O)(C(=O)OC)c1ccccc1. The molecule has 9 nitrogen and oxygen atoms in total. The number of benzene rings is 1. The van der Waals surface area contributed by atoms with Gasteiger partial charge in [-0.1, -0.05) is 43.0 Å². The maximum atomic E-state index is 12.6. The van der Waals surface area contributed by atoms with E-state index in [-0.39, 0.29) is 25.3 Å². The number of carbonyl (C=O) groups excluding carboxylic acids is 5. The van der Waals surface area contributed by atoms with Crippen LogP contribution in [-0.4, -0.2) is 69.8 Å². The molecule has 0 fully saturated rings. The standard InChI is InChI=1S/C26H32N2O7/c1-6-20(14-22(24(32)28(3)4)19(2)15-27-18-30)12-13-23(31)35-17-26(16-29,25(33)34-5)21-10-8-7-9-11-21/h6-11,14,16,18H,1,12-13,15,17H2,2-5H3,(H,27,30)/b20-14+,22-19-. The summed E-state index contributed by atoms with van der Waals surface area (Å²) in [4.78, 5) is 61.5. The number of carbonyl (C=O) groups is 5. The van der Waals surface area contributed by atoms with Crippen molar-refractivity contribution in [2.24, 2.45) is 0 Å². The molecule has 1 aromatic rings. The maximum Gasteiger partial charge on any atom is 0.327 e. The number of esters is 2. The molecule has 188 valence electrons. The summed E-state index contributed by atoms with van der Waals surface area (Å²) in [6.07, 6.45) is 4.19. The molecule has 1 atom stereocenters. The first kappa shape index (κ1) is 29.0. The van der Waals surface area contributed by atoms with E-state index in [1.807, 2.05) is 0 Å². The summed E-state index contributed by atoms with van der Waals surface area (Å²) in [5.74, 6) is -1.75. The van der Waals surface area contributed by atoms with E-state index in [1.165, 1.54) is 11.0 Å². The Morgan fingerprint density at radius 2 is 1.77 bits per heavy atom. The molecule has 0 aliphatic rings. The first-order valence-electron chi connectivity index (χ1n) is 10.8. The van der Waals surface area contributed by atoms with Crippen LogP contribution in [0, 0.1) is 0 Å². The molecule has 9 heteroatoms. The van der Waals surface area contributed by atoms with Crippen LogP contribution in [0.2, 0.25) is 0 Å². The zero-order chi connectivity index (χ0) is 26.4. The van der Waals surface area contributed by atoms with Gasteiger partial charge in [0.2, 0.25) is 6.41 Å². The van der Waals surface area contributed by atoms with Gasteiger partial charge in [-0.3, -0.25) is 19.2 Å². The highest BCUT2D eigenvalue weighted by Crippen LogP contribution is 2.25. The van der Waals surface area contributed by atoms with Crippen LogP contribution in [-0.2, 0) is 38.9 Å². The minimum Gasteiger partial charge on any atom is -0.468 e. The van der Waals surface area contributed by atoms with Crippen LogP contribution in [0.4, 0.5) is 0 Å². The number of methoxy groups -OCH3 is 1. The number of hydrogen-bond donors (Lipinski definition) is 1. The Morgan fingerprint density at radius 1 is 1.11 bits per heavy atom. The van der Waals surface area contributed by atoms with Crippen molar-refractivity contribution in [3.8, 4) is 0 Å². The topological polar surface area (TPSA) is 119 Å². The van der Waals surface area contributed by atoms with Gasteiger partial charge in [-0.25, -0.2) is 0 Å². The fourth-order valence-electron chi connectivity index (χ4n) is 3.16. The second-order valence-electron chi connectivity index (χ2n) is 7.92. The molecule has 0 aliphatic heterocycles. The zero-order valence-electron chi connectivity index (χ0n) is 20.5. The van der Waals surface area contributed by atoms with Gasteiger partial charge in [0.25, 0.3) is 5.91 Å². The average molecular weight is 485 g/mol. The Morgan fingerprint density at radius 3 is 2.29 bits per heavy atom. The van der Waals surface area contributed by atoms with Crippen molar-refractivity contribution < 1.29 is 33.4 Å². The number of nitrogens with zero attached hydrogens (tertiary/aromatic N) is 1. The molecule has 2 amide bonds. The van der Waals surface area contributed by atoms with Crippen molar-refractivity contribution >= 4 is 30.5 Å². The van der Waals surface area contributed by atoms with Crippen LogP contribution in [0.3, 0.4) is 0 Å². The number of amides is 2. The summed E-state index contributed by atoms with van der Waals surface area (Å²) in [5, 5.41) is 2.52.